The van der Waals surface area contributed by atoms with Gasteiger partial charge in [-0.2, -0.15) is 5.10 Å². The van der Waals surface area contributed by atoms with Gasteiger partial charge in [0, 0.05) is 38.8 Å². The van der Waals surface area contributed by atoms with Crippen molar-refractivity contribution in [2.75, 3.05) is 52.5 Å². The minimum atomic E-state index is -2.77. The van der Waals surface area contributed by atoms with Gasteiger partial charge in [0.2, 0.25) is 17.7 Å². The number of rotatable bonds is 13. The van der Waals surface area contributed by atoms with Crippen molar-refractivity contribution in [3.8, 4) is 11.6 Å². The topological polar surface area (TPSA) is 193 Å². The second-order valence-corrected chi connectivity index (χ2v) is 11.1. The van der Waals surface area contributed by atoms with E-state index in [1.54, 1.807) is 6.92 Å². The number of hydrogen-bond acceptors (Lipinski definition) is 9. The molecule has 0 aliphatic carbocycles. The number of carbonyl (C=O) groups excluding carboxylic acids is 5. The average molecular weight is 696 g/mol. The van der Waals surface area contributed by atoms with Gasteiger partial charge in [-0.05, 0) is 38.0 Å². The maximum atomic E-state index is 14.1. The molecule has 2 saturated heterocycles. The smallest absolute Gasteiger partial charge is 0.409 e. The summed E-state index contributed by atoms with van der Waals surface area (Å²) in [6.07, 6.45) is -3.38. The minimum Gasteiger partial charge on any atom is -0.481 e. The van der Waals surface area contributed by atoms with Gasteiger partial charge in [-0.25, -0.2) is 22.6 Å². The van der Waals surface area contributed by atoms with Crippen molar-refractivity contribution in [1.29, 1.82) is 0 Å². The Morgan fingerprint density at radius 3 is 2.41 bits per heavy atom. The van der Waals surface area contributed by atoms with Gasteiger partial charge >= 0.3 is 12.1 Å². The Hall–Kier alpha value is -5.36. The van der Waals surface area contributed by atoms with Crippen molar-refractivity contribution >= 4 is 35.7 Å². The van der Waals surface area contributed by atoms with E-state index in [2.05, 4.69) is 15.7 Å². The number of aromatic nitrogens is 2. The summed E-state index contributed by atoms with van der Waals surface area (Å²) in [7, 11) is 0. The third kappa shape index (κ3) is 9.60. The van der Waals surface area contributed by atoms with Crippen LogP contribution >= 0.6 is 0 Å². The zero-order chi connectivity index (χ0) is 35.7. The summed E-state index contributed by atoms with van der Waals surface area (Å²) in [5.41, 5.74) is -0.281. The first kappa shape index (κ1) is 36.5. The SMILES string of the molecule is CCOC(=O)N1CCN(C(=O)[C@H](CC(=O)O)NC(=O)c2cc(OCC(=O)N3CCC[C@H]3C(=O)NCC(F)F)n(-c3cccc(F)c3)n2)CC1. The summed E-state index contributed by atoms with van der Waals surface area (Å²) in [5, 5.41) is 18.1. The highest BCUT2D eigenvalue weighted by molar-refractivity contribution is 5.97. The van der Waals surface area contributed by atoms with Crippen LogP contribution in [0.1, 0.15) is 36.7 Å². The van der Waals surface area contributed by atoms with Crippen LogP contribution in [-0.4, -0.2) is 136 Å². The number of carboxylic acid groups (broad SMARTS) is 1. The number of benzene rings is 1. The van der Waals surface area contributed by atoms with Crippen LogP contribution in [0.25, 0.3) is 5.69 Å². The molecule has 0 bridgehead atoms. The van der Waals surface area contributed by atoms with Crippen LogP contribution in [0.15, 0.2) is 30.3 Å². The van der Waals surface area contributed by atoms with E-state index in [-0.39, 0.29) is 63.0 Å². The molecule has 4 rings (SSSR count). The number of piperazine rings is 1. The van der Waals surface area contributed by atoms with Gasteiger partial charge in [0.15, 0.2) is 12.3 Å². The number of hydrogen-bond donors (Lipinski definition) is 3. The predicted molar refractivity (Wildman–Crippen MR) is 161 cm³/mol. The molecule has 0 radical (unpaired) electrons. The van der Waals surface area contributed by atoms with E-state index in [1.807, 2.05) is 0 Å². The predicted octanol–water partition coefficient (Wildman–Crippen LogP) is 0.636. The summed E-state index contributed by atoms with van der Waals surface area (Å²) in [5.74, 6) is -5.33. The molecule has 1 aromatic heterocycles. The van der Waals surface area contributed by atoms with Gasteiger partial charge in [0.25, 0.3) is 18.2 Å². The fourth-order valence-electron chi connectivity index (χ4n) is 5.37. The third-order valence-electron chi connectivity index (χ3n) is 7.71. The maximum absolute atomic E-state index is 14.1. The monoisotopic (exact) mass is 695 g/mol. The Balaban J connectivity index is 1.49. The molecular weight excluding hydrogens is 659 g/mol. The molecule has 16 nitrogen and oxygen atoms in total. The molecule has 2 aliphatic rings. The number of carboxylic acids is 1. The van der Waals surface area contributed by atoms with Crippen LogP contribution in [0.3, 0.4) is 0 Å². The fourth-order valence-corrected chi connectivity index (χ4v) is 5.37. The van der Waals surface area contributed by atoms with Gasteiger partial charge in [0.1, 0.15) is 17.9 Å². The van der Waals surface area contributed by atoms with Crippen molar-refractivity contribution in [2.45, 2.75) is 44.7 Å². The Morgan fingerprint density at radius 1 is 1.04 bits per heavy atom. The molecule has 2 atom stereocenters. The van der Waals surface area contributed by atoms with Crippen molar-refractivity contribution < 1.29 is 56.5 Å². The first-order chi connectivity index (χ1) is 23.4. The molecule has 49 heavy (non-hydrogen) atoms. The highest BCUT2D eigenvalue weighted by Crippen LogP contribution is 2.23. The highest BCUT2D eigenvalue weighted by atomic mass is 19.3. The molecule has 0 spiro atoms. The van der Waals surface area contributed by atoms with Gasteiger partial charge in [0.05, 0.1) is 25.3 Å². The molecule has 0 unspecified atom stereocenters. The van der Waals surface area contributed by atoms with Crippen LogP contribution in [0.2, 0.25) is 0 Å². The van der Waals surface area contributed by atoms with Crippen LogP contribution in [0, 0.1) is 5.82 Å². The lowest BCUT2D eigenvalue weighted by molar-refractivity contribution is -0.143. The number of ether oxygens (including phenoxy) is 2. The zero-order valence-electron chi connectivity index (χ0n) is 26.5. The van der Waals surface area contributed by atoms with Crippen LogP contribution in [0.4, 0.5) is 18.0 Å². The zero-order valence-corrected chi connectivity index (χ0v) is 26.5. The van der Waals surface area contributed by atoms with E-state index < -0.39 is 79.6 Å². The summed E-state index contributed by atoms with van der Waals surface area (Å²) >= 11 is 0. The lowest BCUT2D eigenvalue weighted by atomic mass is 10.1. The molecule has 266 valence electrons. The number of nitrogens with one attached hydrogen (secondary N) is 2. The normalized spacial score (nSPS) is 16.7. The van der Waals surface area contributed by atoms with Gasteiger partial charge in [-0.1, -0.05) is 6.07 Å². The van der Waals surface area contributed by atoms with Crippen LogP contribution in [-0.2, 0) is 23.9 Å². The fraction of sp³-hybridized carbons (Fsp3) is 0.500. The van der Waals surface area contributed by atoms with E-state index in [4.69, 9.17) is 9.47 Å². The third-order valence-corrected chi connectivity index (χ3v) is 7.71. The number of likely N-dealkylation sites (tertiary alicyclic amines) is 1. The first-order valence-electron chi connectivity index (χ1n) is 15.4. The molecular formula is C30H36F3N7O9. The van der Waals surface area contributed by atoms with E-state index in [0.29, 0.717) is 6.42 Å². The van der Waals surface area contributed by atoms with Crippen molar-refractivity contribution in [1.82, 2.24) is 35.1 Å². The first-order valence-corrected chi connectivity index (χ1v) is 15.4. The number of aliphatic carboxylic acids is 1. The number of alkyl halides is 2. The van der Waals surface area contributed by atoms with E-state index in [0.717, 1.165) is 22.9 Å². The quantitative estimate of drug-likeness (QED) is 0.268. The van der Waals surface area contributed by atoms with E-state index in [9.17, 15) is 47.0 Å². The summed E-state index contributed by atoms with van der Waals surface area (Å²) in [6.45, 7) is 0.860. The standard InChI is InChI=1S/C30H36F3N7O9/c1-2-48-30(47)38-11-9-37(10-12-38)29(46)21(15-26(42)43)35-27(44)20-14-25(40(36-20)19-6-3-5-18(31)13-19)49-17-24(41)39-8-4-7-22(39)28(45)34-16-23(32)33/h3,5-6,13-14,21-23H,2,4,7-12,15-17H2,1H3,(H,34,45)(H,35,44)(H,42,43)/t21-,22-/m0/s1. The largest absolute Gasteiger partial charge is 0.481 e. The van der Waals surface area contributed by atoms with Gasteiger partial charge in [-0.15, -0.1) is 0 Å². The van der Waals surface area contributed by atoms with Crippen LogP contribution < -0.4 is 15.4 Å². The molecule has 3 heterocycles. The molecule has 19 heteroatoms. The molecule has 2 aromatic rings. The van der Waals surface area contributed by atoms with Crippen molar-refractivity contribution in [3.05, 3.63) is 41.8 Å². The van der Waals surface area contributed by atoms with Gasteiger partial charge < -0.3 is 39.9 Å². The Morgan fingerprint density at radius 2 is 1.76 bits per heavy atom. The summed E-state index contributed by atoms with van der Waals surface area (Å²) in [4.78, 5) is 79.6. The second-order valence-electron chi connectivity index (χ2n) is 11.1. The Bertz CT molecular complexity index is 1550. The lowest BCUT2D eigenvalue weighted by Crippen LogP contribution is -2.56. The Labute approximate surface area is 278 Å². The van der Waals surface area contributed by atoms with Crippen molar-refractivity contribution in [2.24, 2.45) is 0 Å². The highest BCUT2D eigenvalue weighted by Gasteiger charge is 2.35. The molecule has 2 fully saturated rings. The van der Waals surface area contributed by atoms with Crippen molar-refractivity contribution in [3.63, 3.8) is 0 Å². The van der Waals surface area contributed by atoms with Gasteiger partial charge in [-0.3, -0.25) is 24.0 Å². The summed E-state index contributed by atoms with van der Waals surface area (Å²) in [6, 6.07) is 3.62. The van der Waals surface area contributed by atoms with Crippen LogP contribution in [0.5, 0.6) is 5.88 Å². The molecule has 2 aliphatic heterocycles. The summed E-state index contributed by atoms with van der Waals surface area (Å²) < 4.78 is 50.9. The second kappa shape index (κ2) is 16.6. The molecule has 3 N–H and O–H groups in total. The number of amides is 5. The number of halogens is 3. The maximum Gasteiger partial charge on any atom is 0.409 e. The molecule has 5 amide bonds. The van der Waals surface area contributed by atoms with E-state index in [1.165, 1.54) is 26.8 Å². The Kier molecular flexibility index (Phi) is 12.4. The number of carbonyl (C=O) groups is 6. The lowest BCUT2D eigenvalue weighted by Gasteiger charge is -2.35. The molecule has 1 aromatic carbocycles. The number of nitrogens with zero attached hydrogens (tertiary/aromatic N) is 5. The molecule has 0 saturated carbocycles. The average Bonchev–Trinajstić information content (AvgIpc) is 3.74. The van der Waals surface area contributed by atoms with E-state index >= 15 is 0 Å². The minimum absolute atomic E-state index is 0.0651.